The van der Waals surface area contributed by atoms with Gasteiger partial charge in [-0.3, -0.25) is 4.79 Å². The third-order valence-electron chi connectivity index (χ3n) is 6.50. The zero-order valence-electron chi connectivity index (χ0n) is 14.7. The van der Waals surface area contributed by atoms with Gasteiger partial charge in [-0.2, -0.15) is 0 Å². The number of allylic oxidation sites excluding steroid dienone is 1. The fourth-order valence-electron chi connectivity index (χ4n) is 7.05. The standard InChI is InChI=1S/C19H28O4/c1-13(14(20)21)5-6-18-8-16(2)7-17(3,9-18)11-19(10-16,12-18)15(22)23-4/h5H,6-12H2,1-4H3,(H,20,21). The van der Waals surface area contributed by atoms with Gasteiger partial charge < -0.3 is 9.84 Å². The first-order valence-corrected chi connectivity index (χ1v) is 8.54. The minimum Gasteiger partial charge on any atom is -0.478 e. The van der Waals surface area contributed by atoms with Crippen LogP contribution in [0, 0.1) is 21.7 Å². The van der Waals surface area contributed by atoms with Crippen LogP contribution in [0.5, 0.6) is 0 Å². The van der Waals surface area contributed by atoms with Crippen molar-refractivity contribution in [2.75, 3.05) is 7.11 Å². The van der Waals surface area contributed by atoms with Gasteiger partial charge >= 0.3 is 11.9 Å². The van der Waals surface area contributed by atoms with Crippen molar-refractivity contribution >= 4 is 11.9 Å². The predicted molar refractivity (Wildman–Crippen MR) is 86.8 cm³/mol. The first-order valence-electron chi connectivity index (χ1n) is 8.54. The molecule has 4 heteroatoms. The molecule has 0 amide bonds. The summed E-state index contributed by atoms with van der Waals surface area (Å²) in [7, 11) is 1.49. The van der Waals surface area contributed by atoms with Crippen molar-refractivity contribution in [3.63, 3.8) is 0 Å². The highest BCUT2D eigenvalue weighted by Gasteiger charge is 2.67. The summed E-state index contributed by atoms with van der Waals surface area (Å²) in [6.07, 6.45) is 8.68. The molecule has 0 aliphatic heterocycles. The third-order valence-corrected chi connectivity index (χ3v) is 6.50. The minimum atomic E-state index is -0.852. The summed E-state index contributed by atoms with van der Waals surface area (Å²) >= 11 is 0. The summed E-state index contributed by atoms with van der Waals surface area (Å²) in [5.41, 5.74) is 0.426. The topological polar surface area (TPSA) is 63.6 Å². The quantitative estimate of drug-likeness (QED) is 0.629. The Bertz CT molecular complexity index is 570. The Balaban J connectivity index is 1.98. The molecule has 4 rings (SSSR count). The number of ether oxygens (including phenoxy) is 1. The number of methoxy groups -OCH3 is 1. The van der Waals surface area contributed by atoms with Crippen LogP contribution in [0.2, 0.25) is 0 Å². The monoisotopic (exact) mass is 320 g/mol. The molecule has 0 heterocycles. The van der Waals surface area contributed by atoms with Crippen molar-refractivity contribution < 1.29 is 19.4 Å². The lowest BCUT2D eigenvalue weighted by atomic mass is 9.35. The molecule has 0 saturated heterocycles. The predicted octanol–water partition coefficient (Wildman–Crippen LogP) is 3.95. The summed E-state index contributed by atoms with van der Waals surface area (Å²) in [6.45, 7) is 6.27. The maximum atomic E-state index is 12.6. The Morgan fingerprint density at radius 2 is 1.61 bits per heavy atom. The lowest BCUT2D eigenvalue weighted by Gasteiger charge is -2.68. The molecule has 4 aliphatic carbocycles. The molecule has 4 bridgehead atoms. The van der Waals surface area contributed by atoms with Crippen molar-refractivity contribution in [1.29, 1.82) is 0 Å². The van der Waals surface area contributed by atoms with E-state index >= 15 is 0 Å². The van der Waals surface area contributed by atoms with Gasteiger partial charge in [-0.1, -0.05) is 19.9 Å². The van der Waals surface area contributed by atoms with E-state index in [2.05, 4.69) is 13.8 Å². The van der Waals surface area contributed by atoms with Gasteiger partial charge in [0.05, 0.1) is 12.5 Å². The molecule has 0 aromatic carbocycles. The molecular formula is C19H28O4. The average Bonchev–Trinajstić information content (AvgIpc) is 2.39. The van der Waals surface area contributed by atoms with Crippen molar-refractivity contribution in [2.24, 2.45) is 21.7 Å². The van der Waals surface area contributed by atoms with Crippen molar-refractivity contribution in [3.8, 4) is 0 Å². The number of hydrogen-bond donors (Lipinski definition) is 1. The van der Waals surface area contributed by atoms with Crippen LogP contribution in [0.4, 0.5) is 0 Å². The van der Waals surface area contributed by atoms with E-state index in [0.717, 1.165) is 38.5 Å². The number of carboxylic acid groups (broad SMARTS) is 1. The highest BCUT2D eigenvalue weighted by Crippen LogP contribution is 2.74. The van der Waals surface area contributed by atoms with Crippen LogP contribution in [0.25, 0.3) is 0 Å². The van der Waals surface area contributed by atoms with E-state index in [1.165, 1.54) is 13.5 Å². The van der Waals surface area contributed by atoms with Crippen molar-refractivity contribution in [2.45, 2.75) is 65.7 Å². The molecule has 4 saturated carbocycles. The number of carboxylic acids is 1. The molecule has 4 aliphatic rings. The molecule has 23 heavy (non-hydrogen) atoms. The largest absolute Gasteiger partial charge is 0.478 e. The smallest absolute Gasteiger partial charge is 0.330 e. The Hall–Kier alpha value is -1.32. The molecule has 2 unspecified atom stereocenters. The Labute approximate surface area is 138 Å². The maximum absolute atomic E-state index is 12.6. The van der Waals surface area contributed by atoms with E-state index in [9.17, 15) is 9.59 Å². The molecule has 0 spiro atoms. The van der Waals surface area contributed by atoms with Gasteiger partial charge in [0.2, 0.25) is 0 Å². The summed E-state index contributed by atoms with van der Waals surface area (Å²) in [4.78, 5) is 23.7. The fraction of sp³-hybridized carbons (Fsp3) is 0.789. The normalized spacial score (nSPS) is 45.1. The van der Waals surface area contributed by atoms with Gasteiger partial charge in [-0.25, -0.2) is 4.79 Å². The lowest BCUT2D eigenvalue weighted by molar-refractivity contribution is -0.209. The molecule has 4 fully saturated rings. The highest BCUT2D eigenvalue weighted by molar-refractivity contribution is 5.85. The van der Waals surface area contributed by atoms with Gasteiger partial charge in [0.15, 0.2) is 0 Å². The molecule has 2 atom stereocenters. The number of aliphatic carboxylic acids is 1. The van der Waals surface area contributed by atoms with Gasteiger partial charge in [0.25, 0.3) is 0 Å². The summed E-state index contributed by atoms with van der Waals surface area (Å²) in [5, 5.41) is 9.13. The lowest BCUT2D eigenvalue weighted by Crippen LogP contribution is -2.61. The van der Waals surface area contributed by atoms with Crippen LogP contribution < -0.4 is 0 Å². The van der Waals surface area contributed by atoms with E-state index in [1.807, 2.05) is 6.08 Å². The molecule has 1 N–H and O–H groups in total. The zero-order valence-corrected chi connectivity index (χ0v) is 14.7. The second-order valence-corrected chi connectivity index (χ2v) is 9.35. The maximum Gasteiger partial charge on any atom is 0.330 e. The summed E-state index contributed by atoms with van der Waals surface area (Å²) in [6, 6.07) is 0. The molecular weight excluding hydrogens is 292 g/mol. The first-order chi connectivity index (χ1) is 10.6. The minimum absolute atomic E-state index is 0.0448. The number of carbonyl (C=O) groups excluding carboxylic acids is 1. The Kier molecular flexibility index (Phi) is 3.48. The Morgan fingerprint density at radius 3 is 2.09 bits per heavy atom. The van der Waals surface area contributed by atoms with Crippen molar-refractivity contribution in [3.05, 3.63) is 11.6 Å². The SMILES string of the molecule is COC(=O)C12CC3(C)CC(C)(CC(CC=C(C)C(=O)O)(C3)C1)C2. The van der Waals surface area contributed by atoms with Crippen LogP contribution in [-0.4, -0.2) is 24.2 Å². The van der Waals surface area contributed by atoms with Crippen LogP contribution in [0.1, 0.15) is 65.7 Å². The van der Waals surface area contributed by atoms with Gasteiger partial charge in [0, 0.05) is 5.57 Å². The van der Waals surface area contributed by atoms with Crippen LogP contribution in [0.15, 0.2) is 11.6 Å². The third kappa shape index (κ3) is 2.60. The fourth-order valence-corrected chi connectivity index (χ4v) is 7.05. The van der Waals surface area contributed by atoms with Gasteiger partial charge in [-0.05, 0) is 68.1 Å². The van der Waals surface area contributed by atoms with E-state index in [1.54, 1.807) is 6.92 Å². The van der Waals surface area contributed by atoms with Crippen LogP contribution in [0.3, 0.4) is 0 Å². The summed E-state index contributed by atoms with van der Waals surface area (Å²) in [5.74, 6) is -0.910. The zero-order chi connectivity index (χ0) is 17.1. The first kappa shape index (κ1) is 16.5. The average molecular weight is 320 g/mol. The second kappa shape index (κ2) is 4.84. The highest BCUT2D eigenvalue weighted by atomic mass is 16.5. The van der Waals surface area contributed by atoms with E-state index in [4.69, 9.17) is 9.84 Å². The second-order valence-electron chi connectivity index (χ2n) is 9.35. The number of rotatable bonds is 4. The summed E-state index contributed by atoms with van der Waals surface area (Å²) < 4.78 is 5.19. The van der Waals surface area contributed by atoms with E-state index in [-0.39, 0.29) is 27.6 Å². The molecule has 0 radical (unpaired) electrons. The van der Waals surface area contributed by atoms with Crippen LogP contribution in [-0.2, 0) is 14.3 Å². The number of hydrogen-bond acceptors (Lipinski definition) is 3. The molecule has 0 aromatic heterocycles. The number of carbonyl (C=O) groups is 2. The van der Waals surface area contributed by atoms with E-state index < -0.39 is 5.97 Å². The van der Waals surface area contributed by atoms with Crippen molar-refractivity contribution in [1.82, 2.24) is 0 Å². The number of esters is 1. The Morgan fingerprint density at radius 1 is 1.04 bits per heavy atom. The van der Waals surface area contributed by atoms with E-state index in [0.29, 0.717) is 5.57 Å². The molecule has 128 valence electrons. The van der Waals surface area contributed by atoms with Crippen LogP contribution >= 0.6 is 0 Å². The molecule has 0 aromatic rings. The van der Waals surface area contributed by atoms with Gasteiger partial charge in [0.1, 0.15) is 0 Å². The van der Waals surface area contributed by atoms with Gasteiger partial charge in [-0.15, -0.1) is 0 Å². The molecule has 4 nitrogen and oxygen atoms in total.